The van der Waals surface area contributed by atoms with Crippen LogP contribution in [-0.2, 0) is 4.79 Å². The van der Waals surface area contributed by atoms with Crippen molar-refractivity contribution >= 4 is 23.6 Å². The summed E-state index contributed by atoms with van der Waals surface area (Å²) in [5.74, 6) is 1.67. The minimum atomic E-state index is -0.152. The van der Waals surface area contributed by atoms with Gasteiger partial charge in [0.05, 0.1) is 17.9 Å². The number of para-hydroxylation sites is 1. The molecule has 0 unspecified atom stereocenters. The number of thioether (sulfide) groups is 1. The first kappa shape index (κ1) is 24.2. The number of aryl methyl sites for hydroxylation is 2. The highest BCUT2D eigenvalue weighted by atomic mass is 32.2. The maximum Gasteiger partial charge on any atom is 0.252 e. The van der Waals surface area contributed by atoms with Gasteiger partial charge in [-0.25, -0.2) is 0 Å². The SMILES string of the molecule is Cc1cccc(C)c1OCCNC(=O)c1ccccc1SCC(=O)NCC1CCCCC1. The van der Waals surface area contributed by atoms with Gasteiger partial charge in [-0.05, 0) is 55.9 Å². The lowest BCUT2D eigenvalue weighted by atomic mass is 9.89. The Hall–Kier alpha value is -2.47. The summed E-state index contributed by atoms with van der Waals surface area (Å²) in [5.41, 5.74) is 2.75. The normalized spacial score (nSPS) is 14.1. The summed E-state index contributed by atoms with van der Waals surface area (Å²) in [7, 11) is 0. The molecule has 2 amide bonds. The van der Waals surface area contributed by atoms with Gasteiger partial charge in [-0.15, -0.1) is 11.8 Å². The van der Waals surface area contributed by atoms with Crippen LogP contribution in [0.2, 0.25) is 0 Å². The summed E-state index contributed by atoms with van der Waals surface area (Å²) in [6.07, 6.45) is 6.28. The van der Waals surface area contributed by atoms with E-state index in [1.807, 2.05) is 50.2 Å². The number of benzene rings is 2. The van der Waals surface area contributed by atoms with Crippen molar-refractivity contribution in [3.05, 3.63) is 59.2 Å². The van der Waals surface area contributed by atoms with Crippen LogP contribution in [0.4, 0.5) is 0 Å². The van der Waals surface area contributed by atoms with E-state index in [0.717, 1.165) is 28.3 Å². The van der Waals surface area contributed by atoms with Crippen LogP contribution in [0, 0.1) is 19.8 Å². The van der Waals surface area contributed by atoms with Crippen LogP contribution in [0.3, 0.4) is 0 Å². The van der Waals surface area contributed by atoms with Crippen LogP contribution in [0.1, 0.15) is 53.6 Å². The van der Waals surface area contributed by atoms with E-state index in [0.29, 0.717) is 30.4 Å². The molecule has 0 radical (unpaired) electrons. The molecule has 2 aromatic rings. The summed E-state index contributed by atoms with van der Waals surface area (Å²) in [6.45, 7) is 5.60. The van der Waals surface area contributed by atoms with Crippen molar-refractivity contribution in [3.8, 4) is 5.75 Å². The Kier molecular flexibility index (Phi) is 9.47. The Bertz CT molecular complexity index is 889. The fourth-order valence-electron chi connectivity index (χ4n) is 4.06. The molecule has 0 saturated heterocycles. The first-order valence-corrected chi connectivity index (χ1v) is 12.5. The highest BCUT2D eigenvalue weighted by Gasteiger charge is 2.16. The zero-order valence-corrected chi connectivity index (χ0v) is 19.9. The third kappa shape index (κ3) is 7.30. The maximum atomic E-state index is 12.7. The van der Waals surface area contributed by atoms with E-state index in [1.54, 1.807) is 6.07 Å². The lowest BCUT2D eigenvalue weighted by molar-refractivity contribution is -0.118. The van der Waals surface area contributed by atoms with Gasteiger partial charge in [0.1, 0.15) is 12.4 Å². The van der Waals surface area contributed by atoms with E-state index in [9.17, 15) is 9.59 Å². The van der Waals surface area contributed by atoms with Gasteiger partial charge in [0, 0.05) is 11.4 Å². The molecule has 0 atom stereocenters. The van der Waals surface area contributed by atoms with Crippen molar-refractivity contribution in [3.63, 3.8) is 0 Å². The number of carbonyl (C=O) groups is 2. The Morgan fingerprint density at radius 1 is 0.969 bits per heavy atom. The fourth-order valence-corrected chi connectivity index (χ4v) is 4.94. The molecule has 0 bridgehead atoms. The largest absolute Gasteiger partial charge is 0.491 e. The zero-order chi connectivity index (χ0) is 22.8. The molecule has 2 aromatic carbocycles. The van der Waals surface area contributed by atoms with E-state index in [2.05, 4.69) is 10.6 Å². The molecule has 0 heterocycles. The molecule has 1 fully saturated rings. The highest BCUT2D eigenvalue weighted by Crippen LogP contribution is 2.25. The van der Waals surface area contributed by atoms with Crippen molar-refractivity contribution < 1.29 is 14.3 Å². The summed E-state index contributed by atoms with van der Waals surface area (Å²) in [6, 6.07) is 13.5. The third-order valence-corrected chi connectivity index (χ3v) is 6.92. The molecule has 0 spiro atoms. The molecule has 6 heteroatoms. The van der Waals surface area contributed by atoms with E-state index in [-0.39, 0.29) is 11.8 Å². The average molecular weight is 455 g/mol. The number of carbonyl (C=O) groups excluding carboxylic acids is 2. The van der Waals surface area contributed by atoms with Gasteiger partial charge in [-0.1, -0.05) is 49.6 Å². The molecule has 1 aliphatic carbocycles. The predicted molar refractivity (Wildman–Crippen MR) is 130 cm³/mol. The molecular formula is C26H34N2O3S. The monoisotopic (exact) mass is 454 g/mol. The number of hydrogen-bond donors (Lipinski definition) is 2. The summed E-state index contributed by atoms with van der Waals surface area (Å²) in [5, 5.41) is 5.99. The molecule has 0 aromatic heterocycles. The van der Waals surface area contributed by atoms with E-state index >= 15 is 0 Å². The number of rotatable bonds is 10. The average Bonchev–Trinajstić information content (AvgIpc) is 2.81. The van der Waals surface area contributed by atoms with Crippen molar-refractivity contribution in [2.45, 2.75) is 50.8 Å². The molecule has 32 heavy (non-hydrogen) atoms. The minimum Gasteiger partial charge on any atom is -0.491 e. The van der Waals surface area contributed by atoms with Gasteiger partial charge >= 0.3 is 0 Å². The van der Waals surface area contributed by atoms with Crippen molar-refractivity contribution in [1.82, 2.24) is 10.6 Å². The van der Waals surface area contributed by atoms with Crippen LogP contribution in [0.15, 0.2) is 47.4 Å². The minimum absolute atomic E-state index is 0.0257. The third-order valence-electron chi connectivity index (χ3n) is 5.85. The van der Waals surface area contributed by atoms with Gasteiger partial charge in [-0.3, -0.25) is 9.59 Å². The Labute approximate surface area is 195 Å². The number of amides is 2. The molecule has 172 valence electrons. The molecule has 1 saturated carbocycles. The van der Waals surface area contributed by atoms with Crippen LogP contribution in [0.5, 0.6) is 5.75 Å². The van der Waals surface area contributed by atoms with Crippen LogP contribution in [0.25, 0.3) is 0 Å². The van der Waals surface area contributed by atoms with E-state index in [4.69, 9.17) is 4.74 Å². The number of nitrogens with one attached hydrogen (secondary N) is 2. The second kappa shape index (κ2) is 12.5. The van der Waals surface area contributed by atoms with Crippen molar-refractivity contribution in [2.75, 3.05) is 25.4 Å². The van der Waals surface area contributed by atoms with Crippen molar-refractivity contribution in [1.29, 1.82) is 0 Å². The van der Waals surface area contributed by atoms with Crippen LogP contribution >= 0.6 is 11.8 Å². The maximum absolute atomic E-state index is 12.7. The number of ether oxygens (including phenoxy) is 1. The summed E-state index contributed by atoms with van der Waals surface area (Å²) in [4.78, 5) is 25.8. The predicted octanol–water partition coefficient (Wildman–Crippen LogP) is 4.90. The van der Waals surface area contributed by atoms with Gasteiger partial charge in [0.25, 0.3) is 5.91 Å². The molecule has 3 rings (SSSR count). The molecule has 2 N–H and O–H groups in total. The molecular weight excluding hydrogens is 420 g/mol. The zero-order valence-electron chi connectivity index (χ0n) is 19.1. The highest BCUT2D eigenvalue weighted by molar-refractivity contribution is 8.00. The number of hydrogen-bond acceptors (Lipinski definition) is 4. The Balaban J connectivity index is 1.44. The van der Waals surface area contributed by atoms with Crippen LogP contribution in [-0.4, -0.2) is 37.3 Å². The van der Waals surface area contributed by atoms with Gasteiger partial charge < -0.3 is 15.4 Å². The first-order valence-electron chi connectivity index (χ1n) is 11.5. The second-order valence-electron chi connectivity index (χ2n) is 8.42. The molecule has 1 aliphatic rings. The topological polar surface area (TPSA) is 67.4 Å². The molecule has 5 nitrogen and oxygen atoms in total. The van der Waals surface area contributed by atoms with E-state index in [1.165, 1.54) is 43.9 Å². The van der Waals surface area contributed by atoms with Gasteiger partial charge in [-0.2, -0.15) is 0 Å². The quantitative estimate of drug-likeness (QED) is 0.396. The van der Waals surface area contributed by atoms with Crippen molar-refractivity contribution in [2.24, 2.45) is 5.92 Å². The van der Waals surface area contributed by atoms with Gasteiger partial charge in [0.2, 0.25) is 5.91 Å². The Morgan fingerprint density at radius 2 is 1.69 bits per heavy atom. The van der Waals surface area contributed by atoms with Crippen LogP contribution < -0.4 is 15.4 Å². The fraction of sp³-hybridized carbons (Fsp3) is 0.462. The smallest absolute Gasteiger partial charge is 0.252 e. The van der Waals surface area contributed by atoms with E-state index < -0.39 is 0 Å². The first-order chi connectivity index (χ1) is 15.5. The Morgan fingerprint density at radius 3 is 2.44 bits per heavy atom. The molecule has 0 aliphatic heterocycles. The lowest BCUT2D eigenvalue weighted by Crippen LogP contribution is -2.31. The van der Waals surface area contributed by atoms with Gasteiger partial charge in [0.15, 0.2) is 0 Å². The standard InChI is InChI=1S/C26H34N2O3S/c1-19-9-8-10-20(2)25(19)31-16-15-27-26(30)22-13-6-7-14-23(22)32-18-24(29)28-17-21-11-4-3-5-12-21/h6-10,13-14,21H,3-5,11-12,15-18H2,1-2H3,(H,27,30)(H,28,29). The summed E-state index contributed by atoms with van der Waals surface area (Å²) < 4.78 is 5.87. The second-order valence-corrected chi connectivity index (χ2v) is 9.44. The summed E-state index contributed by atoms with van der Waals surface area (Å²) >= 11 is 1.41. The lowest BCUT2D eigenvalue weighted by Gasteiger charge is -2.21.